The van der Waals surface area contributed by atoms with E-state index in [1.165, 1.54) is 10.6 Å². The molecule has 1 N–H and O–H groups in total. The molecule has 0 aromatic carbocycles. The lowest BCUT2D eigenvalue weighted by atomic mass is 10.4. The Morgan fingerprint density at radius 1 is 1.57 bits per heavy atom. The van der Waals surface area contributed by atoms with Crippen molar-refractivity contribution in [2.45, 2.75) is 0 Å². The van der Waals surface area contributed by atoms with Crippen LogP contribution in [0.4, 0.5) is 0 Å². The van der Waals surface area contributed by atoms with Crippen molar-refractivity contribution in [3.8, 4) is 0 Å². The van der Waals surface area contributed by atoms with Crippen LogP contribution < -0.4 is 0 Å². The summed E-state index contributed by atoms with van der Waals surface area (Å²) in [6.07, 6.45) is 1.43. The number of halogens is 2. The Hall–Kier alpha value is -1.07. The Balaban J connectivity index is 2.90. The summed E-state index contributed by atoms with van der Waals surface area (Å²) < 4.78 is 2.04. The molecule has 0 atom stereocenters. The molecule has 0 radical (unpaired) electrons. The highest BCUT2D eigenvalue weighted by Gasteiger charge is 2.14. The van der Waals surface area contributed by atoms with Crippen molar-refractivity contribution >= 4 is 39.0 Å². The smallest absolute Gasteiger partial charge is 0.372 e. The summed E-state index contributed by atoms with van der Waals surface area (Å²) in [7, 11) is 0. The molecule has 0 bridgehead atoms. The molecule has 0 saturated carbocycles. The predicted octanol–water partition coefficient (Wildman–Crippen LogP) is 2.45. The fourth-order valence-corrected chi connectivity index (χ4v) is 1.88. The number of fused-ring (bicyclic) bond motifs is 1. The van der Waals surface area contributed by atoms with Gasteiger partial charge in [0.2, 0.25) is 5.82 Å². The first-order valence-corrected chi connectivity index (χ1v) is 4.83. The number of imidazole rings is 1. The molecule has 2 rings (SSSR count). The number of carboxylic acids is 1. The van der Waals surface area contributed by atoms with Gasteiger partial charge in [0.05, 0.1) is 21.3 Å². The normalized spacial score (nSPS) is 10.7. The van der Waals surface area contributed by atoms with Crippen LogP contribution >= 0.6 is 27.5 Å². The van der Waals surface area contributed by atoms with E-state index in [0.29, 0.717) is 15.1 Å². The van der Waals surface area contributed by atoms with E-state index in [1.54, 1.807) is 12.1 Å². The van der Waals surface area contributed by atoms with E-state index in [9.17, 15) is 4.79 Å². The van der Waals surface area contributed by atoms with Gasteiger partial charge in [-0.2, -0.15) is 0 Å². The van der Waals surface area contributed by atoms with E-state index in [0.717, 1.165) is 0 Å². The maximum Gasteiger partial charge on any atom is 0.372 e. The standard InChI is InChI=1S/C8H4BrClN2O2/c9-6-2-1-4(10)5-3-11-7(8(13)14)12(5)6/h1-3H,(H,13,14). The fraction of sp³-hybridized carbons (Fsp3) is 0. The maximum absolute atomic E-state index is 10.8. The molecule has 4 nitrogen and oxygen atoms in total. The third-order valence-electron chi connectivity index (χ3n) is 1.78. The molecule has 0 saturated heterocycles. The molecule has 0 aliphatic carbocycles. The quantitative estimate of drug-likeness (QED) is 0.813. The molecule has 72 valence electrons. The van der Waals surface area contributed by atoms with Gasteiger partial charge in [0.1, 0.15) is 0 Å². The Bertz CT molecular complexity index is 523. The third kappa shape index (κ3) is 1.29. The van der Waals surface area contributed by atoms with Gasteiger partial charge in [-0.05, 0) is 28.1 Å². The zero-order chi connectivity index (χ0) is 10.3. The highest BCUT2D eigenvalue weighted by Crippen LogP contribution is 2.23. The molecular formula is C8H4BrClN2O2. The van der Waals surface area contributed by atoms with Gasteiger partial charge in [-0.25, -0.2) is 9.78 Å². The summed E-state index contributed by atoms with van der Waals surface area (Å²) in [5, 5.41) is 9.31. The molecule has 2 aromatic heterocycles. The van der Waals surface area contributed by atoms with Crippen molar-refractivity contribution in [2.24, 2.45) is 0 Å². The number of aromatic nitrogens is 2. The fourth-order valence-electron chi connectivity index (χ4n) is 1.19. The largest absolute Gasteiger partial charge is 0.475 e. The molecule has 0 fully saturated rings. The molecule has 2 aromatic rings. The lowest BCUT2D eigenvalue weighted by Gasteiger charge is -2.01. The van der Waals surface area contributed by atoms with Gasteiger partial charge in [0.25, 0.3) is 0 Å². The van der Waals surface area contributed by atoms with Crippen LogP contribution in [-0.4, -0.2) is 20.5 Å². The van der Waals surface area contributed by atoms with Crippen molar-refractivity contribution in [3.63, 3.8) is 0 Å². The second-order valence-electron chi connectivity index (χ2n) is 2.61. The summed E-state index contributed by atoms with van der Waals surface area (Å²) in [4.78, 5) is 14.6. The van der Waals surface area contributed by atoms with Gasteiger partial charge in [-0.15, -0.1) is 0 Å². The number of pyridine rings is 1. The lowest BCUT2D eigenvalue weighted by Crippen LogP contribution is -2.04. The van der Waals surface area contributed by atoms with Crippen molar-refractivity contribution < 1.29 is 9.90 Å². The molecule has 0 unspecified atom stereocenters. The Kier molecular flexibility index (Phi) is 2.20. The lowest BCUT2D eigenvalue weighted by molar-refractivity contribution is 0.0682. The van der Waals surface area contributed by atoms with Crippen LogP contribution in [0.1, 0.15) is 10.6 Å². The monoisotopic (exact) mass is 274 g/mol. The van der Waals surface area contributed by atoms with Crippen LogP contribution in [0.2, 0.25) is 5.02 Å². The molecule has 14 heavy (non-hydrogen) atoms. The minimum absolute atomic E-state index is 0.0608. The van der Waals surface area contributed by atoms with E-state index in [2.05, 4.69) is 20.9 Å². The van der Waals surface area contributed by atoms with E-state index in [4.69, 9.17) is 16.7 Å². The van der Waals surface area contributed by atoms with Crippen LogP contribution in [0, 0.1) is 0 Å². The maximum atomic E-state index is 10.8. The van der Waals surface area contributed by atoms with Crippen molar-refractivity contribution in [3.05, 3.63) is 33.8 Å². The molecule has 2 heterocycles. The highest BCUT2D eigenvalue weighted by atomic mass is 79.9. The summed E-state index contributed by atoms with van der Waals surface area (Å²) in [6, 6.07) is 3.34. The minimum Gasteiger partial charge on any atom is -0.475 e. The average Bonchev–Trinajstić information content (AvgIpc) is 2.56. The van der Waals surface area contributed by atoms with Gasteiger partial charge in [-0.3, -0.25) is 4.40 Å². The molecular weight excluding hydrogens is 271 g/mol. The molecule has 6 heteroatoms. The third-order valence-corrected chi connectivity index (χ3v) is 2.72. The Morgan fingerprint density at radius 3 is 2.93 bits per heavy atom. The van der Waals surface area contributed by atoms with Crippen LogP contribution in [0.3, 0.4) is 0 Å². The second-order valence-corrected chi connectivity index (χ2v) is 3.83. The number of nitrogens with zero attached hydrogens (tertiary/aromatic N) is 2. The number of carbonyl (C=O) groups is 1. The van der Waals surface area contributed by atoms with E-state index in [1.807, 2.05) is 0 Å². The van der Waals surface area contributed by atoms with Gasteiger partial charge in [0.15, 0.2) is 0 Å². The van der Waals surface area contributed by atoms with Gasteiger partial charge in [0, 0.05) is 0 Å². The molecule has 0 spiro atoms. The van der Waals surface area contributed by atoms with Crippen LogP contribution in [-0.2, 0) is 0 Å². The van der Waals surface area contributed by atoms with Gasteiger partial charge in [-0.1, -0.05) is 11.6 Å². The second kappa shape index (κ2) is 3.25. The van der Waals surface area contributed by atoms with Crippen molar-refractivity contribution in [2.75, 3.05) is 0 Å². The minimum atomic E-state index is -1.09. The van der Waals surface area contributed by atoms with Gasteiger partial charge >= 0.3 is 5.97 Å². The Morgan fingerprint density at radius 2 is 2.29 bits per heavy atom. The average molecular weight is 275 g/mol. The molecule has 0 aliphatic heterocycles. The number of carboxylic acid groups (broad SMARTS) is 1. The zero-order valence-corrected chi connectivity index (χ0v) is 9.08. The van der Waals surface area contributed by atoms with Gasteiger partial charge < -0.3 is 5.11 Å². The number of rotatable bonds is 1. The number of hydrogen-bond donors (Lipinski definition) is 1. The topological polar surface area (TPSA) is 54.6 Å². The van der Waals surface area contributed by atoms with E-state index in [-0.39, 0.29) is 5.82 Å². The summed E-state index contributed by atoms with van der Waals surface area (Å²) in [6.45, 7) is 0. The number of aromatic carboxylic acids is 1. The van der Waals surface area contributed by atoms with Crippen molar-refractivity contribution in [1.29, 1.82) is 0 Å². The van der Waals surface area contributed by atoms with E-state index < -0.39 is 5.97 Å². The van der Waals surface area contributed by atoms with Crippen molar-refractivity contribution in [1.82, 2.24) is 9.38 Å². The molecule has 0 amide bonds. The SMILES string of the molecule is O=C(O)c1ncc2c(Cl)ccc(Br)n12. The summed E-state index contributed by atoms with van der Waals surface area (Å²) in [5.74, 6) is -1.15. The summed E-state index contributed by atoms with van der Waals surface area (Å²) >= 11 is 9.10. The molecule has 0 aliphatic rings. The van der Waals surface area contributed by atoms with E-state index >= 15 is 0 Å². The van der Waals surface area contributed by atoms with Crippen LogP contribution in [0.15, 0.2) is 22.9 Å². The first-order chi connectivity index (χ1) is 6.61. The highest BCUT2D eigenvalue weighted by molar-refractivity contribution is 9.10. The van der Waals surface area contributed by atoms with Crippen LogP contribution in [0.25, 0.3) is 5.52 Å². The zero-order valence-electron chi connectivity index (χ0n) is 6.74. The first-order valence-electron chi connectivity index (χ1n) is 3.66. The number of hydrogen-bond acceptors (Lipinski definition) is 2. The Labute approximate surface area is 92.3 Å². The summed E-state index contributed by atoms with van der Waals surface area (Å²) in [5.41, 5.74) is 0.568. The predicted molar refractivity (Wildman–Crippen MR) is 54.9 cm³/mol. The van der Waals surface area contributed by atoms with Crippen LogP contribution in [0.5, 0.6) is 0 Å². The first kappa shape index (κ1) is 9.48.